The number of hydrogen-bond donors (Lipinski definition) is 2. The molecule has 7 heteroatoms. The van der Waals surface area contributed by atoms with Crippen LogP contribution < -0.4 is 9.47 Å². The predicted octanol–water partition coefficient (Wildman–Crippen LogP) is 5.63. The van der Waals surface area contributed by atoms with Crippen LogP contribution in [0.15, 0.2) is 59.1 Å². The molecule has 0 unspecified atom stereocenters. The third-order valence-electron chi connectivity index (χ3n) is 4.39. The highest BCUT2D eigenvalue weighted by Gasteiger charge is 2.12. The van der Waals surface area contributed by atoms with E-state index in [9.17, 15) is 9.90 Å². The van der Waals surface area contributed by atoms with Crippen molar-refractivity contribution in [2.45, 2.75) is 13.0 Å². The molecule has 3 rings (SSSR count). The van der Waals surface area contributed by atoms with E-state index in [0.29, 0.717) is 19.3 Å². The van der Waals surface area contributed by atoms with Crippen LogP contribution in [0.1, 0.15) is 22.3 Å². The van der Waals surface area contributed by atoms with E-state index in [1.54, 1.807) is 0 Å². The number of aliphatic hydroxyl groups is 1. The van der Waals surface area contributed by atoms with Gasteiger partial charge in [-0.2, -0.15) is 0 Å². The molecule has 0 atom stereocenters. The van der Waals surface area contributed by atoms with Crippen LogP contribution >= 0.6 is 27.5 Å². The fourth-order valence-corrected chi connectivity index (χ4v) is 3.68. The van der Waals surface area contributed by atoms with E-state index in [4.69, 9.17) is 26.2 Å². The van der Waals surface area contributed by atoms with Crippen molar-refractivity contribution in [2.75, 3.05) is 13.2 Å². The van der Waals surface area contributed by atoms with Gasteiger partial charge in [0.05, 0.1) is 17.2 Å². The summed E-state index contributed by atoms with van der Waals surface area (Å²) in [5.74, 6) is 0.832. The lowest BCUT2D eigenvalue weighted by Crippen LogP contribution is -2.00. The number of benzene rings is 3. The molecule has 0 fully saturated rings. The molecule has 0 aliphatic rings. The van der Waals surface area contributed by atoms with Gasteiger partial charge >= 0.3 is 0 Å². The van der Waals surface area contributed by atoms with Crippen molar-refractivity contribution in [3.8, 4) is 28.4 Å². The smallest absolute Gasteiger partial charge is 0.153 e. The first kappa shape index (κ1) is 22.2. The molecule has 3 aromatic carbocycles. The number of ether oxygens (including phenoxy) is 2. The Morgan fingerprint density at radius 3 is 2.63 bits per heavy atom. The van der Waals surface area contributed by atoms with Crippen LogP contribution in [-0.2, 0) is 6.61 Å². The highest BCUT2D eigenvalue weighted by molar-refractivity contribution is 9.10. The summed E-state index contributed by atoms with van der Waals surface area (Å²) in [4.78, 5) is 10.9. The van der Waals surface area contributed by atoms with Crippen LogP contribution in [0.5, 0.6) is 17.2 Å². The van der Waals surface area contributed by atoms with Gasteiger partial charge in [-0.1, -0.05) is 41.9 Å². The van der Waals surface area contributed by atoms with Crippen molar-refractivity contribution in [2.24, 2.45) is 0 Å². The first-order valence-electron chi connectivity index (χ1n) is 9.25. The number of phenolic OH excluding ortho intramolecular Hbond substituents is 1. The molecule has 3 aromatic rings. The van der Waals surface area contributed by atoms with Crippen molar-refractivity contribution in [1.82, 2.24) is 0 Å². The monoisotopic (exact) mass is 490 g/mol. The summed E-state index contributed by atoms with van der Waals surface area (Å²) in [7, 11) is 0. The minimum Gasteiger partial charge on any atom is -0.507 e. The molecule has 0 saturated heterocycles. The third-order valence-corrected chi connectivity index (χ3v) is 5.62. The van der Waals surface area contributed by atoms with Gasteiger partial charge in [0, 0.05) is 29.1 Å². The fourth-order valence-electron chi connectivity index (χ4n) is 2.84. The molecule has 156 valence electrons. The molecular formula is C23H20BrClO5. The van der Waals surface area contributed by atoms with Crippen molar-refractivity contribution in [1.29, 1.82) is 0 Å². The average Bonchev–Trinajstić information content (AvgIpc) is 2.75. The molecule has 0 spiro atoms. The number of carbonyl (C=O) groups excluding carboxylic acids is 1. The number of rotatable bonds is 9. The topological polar surface area (TPSA) is 76.0 Å². The zero-order valence-corrected chi connectivity index (χ0v) is 18.3. The number of halogens is 2. The summed E-state index contributed by atoms with van der Waals surface area (Å²) in [6.45, 7) is 0.749. The second-order valence-electron chi connectivity index (χ2n) is 6.48. The van der Waals surface area contributed by atoms with E-state index >= 15 is 0 Å². The molecule has 0 aromatic heterocycles. The summed E-state index contributed by atoms with van der Waals surface area (Å²) in [5.41, 5.74) is 2.93. The largest absolute Gasteiger partial charge is 0.507 e. The lowest BCUT2D eigenvalue weighted by molar-refractivity contribution is 0.112. The van der Waals surface area contributed by atoms with Crippen molar-refractivity contribution < 1.29 is 24.5 Å². The van der Waals surface area contributed by atoms with Gasteiger partial charge in [-0.25, -0.2) is 0 Å². The average molecular weight is 492 g/mol. The molecule has 30 heavy (non-hydrogen) atoms. The molecular weight excluding hydrogens is 472 g/mol. The Balaban J connectivity index is 1.80. The maximum atomic E-state index is 10.9. The van der Waals surface area contributed by atoms with Gasteiger partial charge in [0.1, 0.15) is 23.9 Å². The number of aldehydes is 1. The number of hydrogen-bond acceptors (Lipinski definition) is 5. The molecule has 0 aliphatic heterocycles. The lowest BCUT2D eigenvalue weighted by Gasteiger charge is -2.14. The van der Waals surface area contributed by atoms with Gasteiger partial charge in [-0.15, -0.1) is 0 Å². The summed E-state index contributed by atoms with van der Waals surface area (Å²) in [5, 5.41) is 19.0. The van der Waals surface area contributed by atoms with Crippen LogP contribution in [0, 0.1) is 0 Å². The van der Waals surface area contributed by atoms with Gasteiger partial charge in [0.25, 0.3) is 0 Å². The summed E-state index contributed by atoms with van der Waals surface area (Å²) >= 11 is 9.80. The van der Waals surface area contributed by atoms with Gasteiger partial charge in [-0.3, -0.25) is 4.79 Å². The molecule has 0 heterocycles. The Morgan fingerprint density at radius 2 is 1.87 bits per heavy atom. The number of aromatic hydroxyl groups is 1. The quantitative estimate of drug-likeness (QED) is 0.300. The maximum Gasteiger partial charge on any atom is 0.153 e. The molecule has 0 aliphatic carbocycles. The van der Waals surface area contributed by atoms with Gasteiger partial charge in [0.15, 0.2) is 6.29 Å². The van der Waals surface area contributed by atoms with Crippen molar-refractivity contribution in [3.63, 3.8) is 0 Å². The van der Waals surface area contributed by atoms with E-state index < -0.39 is 0 Å². The Bertz CT molecular complexity index is 1040. The highest BCUT2D eigenvalue weighted by Crippen LogP contribution is 2.35. The lowest BCUT2D eigenvalue weighted by atomic mass is 10.0. The summed E-state index contributed by atoms with van der Waals surface area (Å²) < 4.78 is 12.3. The molecule has 0 radical (unpaired) electrons. The van der Waals surface area contributed by atoms with Crippen LogP contribution in [0.2, 0.25) is 5.02 Å². The third kappa shape index (κ3) is 5.33. The van der Waals surface area contributed by atoms with E-state index in [1.807, 2.05) is 42.5 Å². The van der Waals surface area contributed by atoms with Crippen LogP contribution in [0.4, 0.5) is 0 Å². The molecule has 5 nitrogen and oxygen atoms in total. The maximum absolute atomic E-state index is 10.9. The number of phenols is 1. The van der Waals surface area contributed by atoms with Crippen LogP contribution in [0.25, 0.3) is 11.1 Å². The fraction of sp³-hybridized carbons (Fsp3) is 0.174. The predicted molar refractivity (Wildman–Crippen MR) is 120 cm³/mol. The molecule has 2 N–H and O–H groups in total. The summed E-state index contributed by atoms with van der Waals surface area (Å²) in [6, 6.07) is 16.2. The highest BCUT2D eigenvalue weighted by atomic mass is 79.9. The van der Waals surface area contributed by atoms with Gasteiger partial charge < -0.3 is 19.7 Å². The minimum atomic E-state index is -0.185. The Morgan fingerprint density at radius 1 is 1.07 bits per heavy atom. The van der Waals surface area contributed by atoms with Crippen LogP contribution in [0.3, 0.4) is 0 Å². The second kappa shape index (κ2) is 10.5. The standard InChI is InChI=1S/C23H20BrClO5/c24-23-16(14-30-22-12-21(28)17(13-27)11-20(22)25)5-2-7-19(23)15-4-1-6-18(10-15)29-9-3-8-26/h1-2,4-7,10-13,26,28H,3,8-9,14H2. The SMILES string of the molecule is O=Cc1cc(Cl)c(OCc2cccc(-c3cccc(OCCCO)c3)c2Br)cc1O. The Labute approximate surface area is 188 Å². The molecule has 0 amide bonds. The van der Waals surface area contributed by atoms with E-state index in [2.05, 4.69) is 15.9 Å². The van der Waals surface area contributed by atoms with Gasteiger partial charge in [0.2, 0.25) is 0 Å². The number of carbonyl (C=O) groups is 1. The number of aliphatic hydroxyl groups excluding tert-OH is 1. The summed E-state index contributed by atoms with van der Waals surface area (Å²) in [6.07, 6.45) is 1.11. The zero-order valence-electron chi connectivity index (χ0n) is 16.0. The van der Waals surface area contributed by atoms with E-state index in [1.165, 1.54) is 12.1 Å². The van der Waals surface area contributed by atoms with E-state index in [-0.39, 0.29) is 35.3 Å². The van der Waals surface area contributed by atoms with Crippen LogP contribution in [-0.4, -0.2) is 29.7 Å². The van der Waals surface area contributed by atoms with E-state index in [0.717, 1.165) is 26.9 Å². The molecule has 0 bridgehead atoms. The van der Waals surface area contributed by atoms with Crippen molar-refractivity contribution >= 4 is 33.8 Å². The first-order chi connectivity index (χ1) is 14.5. The first-order valence-corrected chi connectivity index (χ1v) is 10.4. The normalized spacial score (nSPS) is 10.6. The van der Waals surface area contributed by atoms with Gasteiger partial charge in [-0.05, 0) is 45.3 Å². The Kier molecular flexibility index (Phi) is 7.74. The minimum absolute atomic E-state index is 0.0902. The second-order valence-corrected chi connectivity index (χ2v) is 7.68. The zero-order chi connectivity index (χ0) is 21.5. The van der Waals surface area contributed by atoms with Crippen molar-refractivity contribution in [3.05, 3.63) is 75.2 Å². The molecule has 0 saturated carbocycles. The Hall–Kier alpha value is -2.54.